The third-order valence-electron chi connectivity index (χ3n) is 5.41. The molecular weight excluding hydrogens is 390 g/mol. The van der Waals surface area contributed by atoms with E-state index in [-0.39, 0.29) is 17.9 Å². The van der Waals surface area contributed by atoms with Crippen LogP contribution in [-0.2, 0) is 17.9 Å². The van der Waals surface area contributed by atoms with Gasteiger partial charge in [0.15, 0.2) is 0 Å². The summed E-state index contributed by atoms with van der Waals surface area (Å²) in [5.74, 6) is 1.69. The van der Waals surface area contributed by atoms with Crippen LogP contribution in [-0.4, -0.2) is 37.0 Å². The van der Waals surface area contributed by atoms with Gasteiger partial charge >= 0.3 is 0 Å². The van der Waals surface area contributed by atoms with Crippen molar-refractivity contribution in [2.75, 3.05) is 20.1 Å². The fourth-order valence-electron chi connectivity index (χ4n) is 3.95. The van der Waals surface area contributed by atoms with E-state index in [0.29, 0.717) is 17.9 Å². The van der Waals surface area contributed by atoms with E-state index >= 15 is 0 Å². The minimum absolute atomic E-state index is 0.0176. The van der Waals surface area contributed by atoms with E-state index in [0.717, 1.165) is 42.1 Å². The molecule has 164 valence electrons. The average Bonchev–Trinajstić information content (AvgIpc) is 2.69. The van der Waals surface area contributed by atoms with Crippen LogP contribution < -0.4 is 14.8 Å². The summed E-state index contributed by atoms with van der Waals surface area (Å²) in [5.41, 5.74) is 4.83. The van der Waals surface area contributed by atoms with E-state index in [1.54, 1.807) is 7.05 Å². The Labute approximate surface area is 184 Å². The lowest BCUT2D eigenvalue weighted by Crippen LogP contribution is -2.52. The lowest BCUT2D eigenvalue weighted by atomic mass is 9.97. The smallest absolute Gasteiger partial charge is 0.225 e. The van der Waals surface area contributed by atoms with Gasteiger partial charge in [-0.2, -0.15) is 5.26 Å². The van der Waals surface area contributed by atoms with Gasteiger partial charge in [0.1, 0.15) is 24.2 Å². The van der Waals surface area contributed by atoms with E-state index in [2.05, 4.69) is 42.3 Å². The maximum absolute atomic E-state index is 11.7. The molecule has 1 heterocycles. The molecular formula is C25H31N3O3. The van der Waals surface area contributed by atoms with Crippen molar-refractivity contribution in [1.82, 2.24) is 10.2 Å². The summed E-state index contributed by atoms with van der Waals surface area (Å²) in [6.45, 7) is 10.8. The van der Waals surface area contributed by atoms with Crippen molar-refractivity contribution >= 4 is 5.91 Å². The van der Waals surface area contributed by atoms with E-state index in [1.165, 1.54) is 5.56 Å². The molecule has 0 bridgehead atoms. The number of amides is 1. The van der Waals surface area contributed by atoms with Gasteiger partial charge in [-0.15, -0.1) is 0 Å². The Balaban J connectivity index is 1.63. The maximum atomic E-state index is 11.7. The molecule has 0 spiro atoms. The third kappa shape index (κ3) is 5.56. The molecule has 0 atom stereocenters. The van der Waals surface area contributed by atoms with Crippen molar-refractivity contribution in [3.63, 3.8) is 0 Å². The summed E-state index contributed by atoms with van der Waals surface area (Å²) < 4.78 is 11.8. The molecule has 0 unspecified atom stereocenters. The standard InChI is InChI=1S/C25H31N3O3/c1-16(2)31-23-7-6-19(10-21(23)11-26)15-30-24-17(3)8-20(9-18(24)4)12-28-13-22(14-28)25(29)27-5/h6-10,16,22H,12-15H2,1-5H3,(H,27,29). The quantitative estimate of drug-likeness (QED) is 0.703. The van der Waals surface area contributed by atoms with Gasteiger partial charge in [-0.25, -0.2) is 0 Å². The Morgan fingerprint density at radius 1 is 1.19 bits per heavy atom. The molecule has 1 saturated heterocycles. The number of hydrogen-bond donors (Lipinski definition) is 1. The van der Waals surface area contributed by atoms with Gasteiger partial charge in [0.2, 0.25) is 5.91 Å². The number of carbonyl (C=O) groups excluding carboxylic acids is 1. The van der Waals surface area contributed by atoms with E-state index in [9.17, 15) is 10.1 Å². The summed E-state index contributed by atoms with van der Waals surface area (Å²) in [7, 11) is 1.69. The van der Waals surface area contributed by atoms with Gasteiger partial charge in [-0.1, -0.05) is 18.2 Å². The third-order valence-corrected chi connectivity index (χ3v) is 5.41. The molecule has 31 heavy (non-hydrogen) atoms. The summed E-state index contributed by atoms with van der Waals surface area (Å²) in [6, 6.07) is 12.1. The van der Waals surface area contributed by atoms with Crippen LogP contribution in [0.2, 0.25) is 0 Å². The van der Waals surface area contributed by atoms with E-state index < -0.39 is 0 Å². The van der Waals surface area contributed by atoms with Crippen molar-refractivity contribution in [2.45, 2.75) is 47.0 Å². The van der Waals surface area contributed by atoms with Crippen LogP contribution in [0.15, 0.2) is 30.3 Å². The molecule has 6 heteroatoms. The molecule has 6 nitrogen and oxygen atoms in total. The number of ether oxygens (including phenoxy) is 2. The normalized spacial score (nSPS) is 14.1. The maximum Gasteiger partial charge on any atom is 0.225 e. The molecule has 1 N–H and O–H groups in total. The first-order chi connectivity index (χ1) is 14.8. The Kier molecular flexibility index (Phi) is 7.19. The van der Waals surface area contributed by atoms with Gasteiger partial charge in [-0.3, -0.25) is 9.69 Å². The lowest BCUT2D eigenvalue weighted by Gasteiger charge is -2.38. The molecule has 1 aliphatic heterocycles. The second-order valence-electron chi connectivity index (χ2n) is 8.46. The minimum atomic E-state index is 0.0176. The van der Waals surface area contributed by atoms with Crippen molar-refractivity contribution in [2.24, 2.45) is 5.92 Å². The Morgan fingerprint density at radius 2 is 1.87 bits per heavy atom. The lowest BCUT2D eigenvalue weighted by molar-refractivity contribution is -0.129. The zero-order chi connectivity index (χ0) is 22.5. The first kappa shape index (κ1) is 22.6. The van der Waals surface area contributed by atoms with Gasteiger partial charge in [0.25, 0.3) is 0 Å². The molecule has 1 aliphatic rings. The highest BCUT2D eigenvalue weighted by atomic mass is 16.5. The van der Waals surface area contributed by atoms with Gasteiger partial charge in [0, 0.05) is 26.7 Å². The minimum Gasteiger partial charge on any atom is -0.490 e. The zero-order valence-corrected chi connectivity index (χ0v) is 19.0. The van der Waals surface area contributed by atoms with Gasteiger partial charge < -0.3 is 14.8 Å². The number of benzene rings is 2. The monoisotopic (exact) mass is 421 g/mol. The summed E-state index contributed by atoms with van der Waals surface area (Å²) in [5, 5.41) is 12.1. The number of rotatable bonds is 8. The molecule has 0 radical (unpaired) electrons. The number of nitriles is 1. The van der Waals surface area contributed by atoms with Crippen LogP contribution in [0.1, 0.15) is 41.7 Å². The molecule has 0 aliphatic carbocycles. The van der Waals surface area contributed by atoms with Crippen LogP contribution in [0.25, 0.3) is 0 Å². The topological polar surface area (TPSA) is 74.6 Å². The summed E-state index contributed by atoms with van der Waals surface area (Å²) >= 11 is 0. The van der Waals surface area contributed by atoms with E-state index in [1.807, 2.05) is 32.0 Å². The van der Waals surface area contributed by atoms with Gasteiger partial charge in [-0.05, 0) is 62.1 Å². The second kappa shape index (κ2) is 9.84. The summed E-state index contributed by atoms with van der Waals surface area (Å²) in [4.78, 5) is 13.9. The Bertz CT molecular complexity index is 965. The predicted molar refractivity (Wildman–Crippen MR) is 120 cm³/mol. The number of nitrogens with zero attached hydrogens (tertiary/aromatic N) is 2. The Hall–Kier alpha value is -3.04. The van der Waals surface area contributed by atoms with Crippen molar-refractivity contribution in [3.8, 4) is 17.6 Å². The number of hydrogen-bond acceptors (Lipinski definition) is 5. The molecule has 1 amide bonds. The molecule has 0 aromatic heterocycles. The first-order valence-corrected chi connectivity index (χ1v) is 10.7. The Morgan fingerprint density at radius 3 is 2.45 bits per heavy atom. The number of likely N-dealkylation sites (tertiary alicyclic amines) is 1. The van der Waals surface area contributed by atoms with Crippen molar-refractivity contribution in [3.05, 3.63) is 58.1 Å². The molecule has 0 saturated carbocycles. The van der Waals surface area contributed by atoms with Gasteiger partial charge in [0.05, 0.1) is 17.6 Å². The van der Waals surface area contributed by atoms with E-state index in [4.69, 9.17) is 9.47 Å². The highest BCUT2D eigenvalue weighted by Gasteiger charge is 2.31. The molecule has 2 aromatic rings. The van der Waals surface area contributed by atoms with Crippen LogP contribution in [0.4, 0.5) is 0 Å². The highest BCUT2D eigenvalue weighted by Crippen LogP contribution is 2.28. The highest BCUT2D eigenvalue weighted by molar-refractivity contribution is 5.79. The summed E-state index contributed by atoms with van der Waals surface area (Å²) in [6.07, 6.45) is 0.0176. The van der Waals surface area contributed by atoms with Crippen molar-refractivity contribution < 1.29 is 14.3 Å². The van der Waals surface area contributed by atoms with Crippen molar-refractivity contribution in [1.29, 1.82) is 5.26 Å². The van der Waals surface area contributed by atoms with Crippen LogP contribution in [0, 0.1) is 31.1 Å². The molecule has 3 rings (SSSR count). The fourth-order valence-corrected chi connectivity index (χ4v) is 3.95. The largest absolute Gasteiger partial charge is 0.490 e. The number of aryl methyl sites for hydroxylation is 2. The fraction of sp³-hybridized carbons (Fsp3) is 0.440. The average molecular weight is 422 g/mol. The molecule has 2 aromatic carbocycles. The second-order valence-corrected chi connectivity index (χ2v) is 8.46. The van der Waals surface area contributed by atoms with Crippen LogP contribution in [0.5, 0.6) is 11.5 Å². The van der Waals surface area contributed by atoms with Crippen LogP contribution in [0.3, 0.4) is 0 Å². The zero-order valence-electron chi connectivity index (χ0n) is 19.0. The van der Waals surface area contributed by atoms with Crippen LogP contribution >= 0.6 is 0 Å². The first-order valence-electron chi connectivity index (χ1n) is 10.7. The molecule has 1 fully saturated rings. The number of nitrogens with one attached hydrogen (secondary N) is 1. The SMILES string of the molecule is CNC(=O)C1CN(Cc2cc(C)c(OCc3ccc(OC(C)C)c(C#N)c3)c(C)c2)C1. The number of carbonyl (C=O) groups is 1. The predicted octanol–water partition coefficient (Wildman–Crippen LogP) is 3.72.